The number of imidazole rings is 1. The van der Waals surface area contributed by atoms with Crippen molar-refractivity contribution in [2.24, 2.45) is 50.1 Å². The van der Waals surface area contributed by atoms with Crippen LogP contribution in [0.1, 0.15) is 133 Å². The fourth-order valence-corrected chi connectivity index (χ4v) is 13.6. The number of aromatic nitrogens is 2. The molecular weight excluding hydrogens is 1440 g/mol. The minimum Gasteiger partial charge on any atom is -0.493 e. The number of carbonyl (C=O) groups is 11. The van der Waals surface area contributed by atoms with Crippen molar-refractivity contribution >= 4 is 98.5 Å². The third-order valence-electron chi connectivity index (χ3n) is 18.0. The average molecular weight is 1550 g/mol. The Morgan fingerprint density at radius 3 is 1.41 bits per heavy atom. The first-order valence-corrected chi connectivity index (χ1v) is 39.2. The fraction of sp³-hybridized carbons (Fsp3) is 0.600. The molecule has 3 heterocycles. The normalized spacial score (nSPS) is 23.9. The van der Waals surface area contributed by atoms with Gasteiger partial charge in [0.25, 0.3) is 5.91 Å². The highest BCUT2D eigenvalue weighted by Gasteiger charge is 2.40. The molecule has 2 aliphatic heterocycles. The van der Waals surface area contributed by atoms with Crippen molar-refractivity contribution < 1.29 is 62.2 Å². The number of carbonyl (C=O) groups excluding carboxylic acids is 11. The predicted octanol–water partition coefficient (Wildman–Crippen LogP) is -2.88. The maximum absolute atomic E-state index is 15.2. The molecule has 0 spiro atoms. The van der Waals surface area contributed by atoms with Crippen LogP contribution in [0.15, 0.2) is 71.0 Å². The van der Waals surface area contributed by atoms with Crippen LogP contribution in [-0.4, -0.2) is 223 Å². The molecule has 0 radical (unpaired) electrons. The molecule has 12 atom stereocenters. The van der Waals surface area contributed by atoms with Gasteiger partial charge in [-0.1, -0.05) is 58.0 Å². The number of amides is 11. The van der Waals surface area contributed by atoms with Crippen molar-refractivity contribution in [3.05, 3.63) is 77.9 Å². The van der Waals surface area contributed by atoms with Crippen LogP contribution >= 0.6 is 21.6 Å². The largest absolute Gasteiger partial charge is 0.493 e. The summed E-state index contributed by atoms with van der Waals surface area (Å²) in [5.74, 6) is -8.22. The summed E-state index contributed by atoms with van der Waals surface area (Å²) in [6.07, 6.45) is 6.98. The lowest BCUT2D eigenvalue weighted by Gasteiger charge is -2.33. The first kappa shape index (κ1) is 89.1. The van der Waals surface area contributed by atoms with Crippen LogP contribution in [0.25, 0.3) is 0 Å². The van der Waals surface area contributed by atoms with Gasteiger partial charge in [-0.3, -0.25) is 68.0 Å². The molecule has 2 aromatic carbocycles. The van der Waals surface area contributed by atoms with Crippen molar-refractivity contribution in [3.8, 4) is 11.5 Å². The van der Waals surface area contributed by atoms with Crippen LogP contribution in [0.5, 0.6) is 11.5 Å². The highest BCUT2D eigenvalue weighted by atomic mass is 33.1. The van der Waals surface area contributed by atoms with Crippen LogP contribution in [0.3, 0.4) is 0 Å². The quantitative estimate of drug-likeness (QED) is 0.0133. The second kappa shape index (κ2) is 48.0. The molecule has 2 aliphatic rings. The maximum Gasteiger partial charge on any atom is 0.257 e. The van der Waals surface area contributed by atoms with Gasteiger partial charge in [0.05, 0.1) is 32.8 Å². The number of nitrogens with one attached hydrogen (secondary N) is 12. The van der Waals surface area contributed by atoms with E-state index < -0.39 is 137 Å². The number of nitrogens with two attached hydrogens (primary N) is 7. The number of aliphatic imine (C=N–C) groups is 2. The van der Waals surface area contributed by atoms with E-state index in [1.54, 1.807) is 54.8 Å². The SMILES string of the molecule is COc1ccc(CC[C@@H]2NC(=O)[C@H](CCCN=C(N)N)NC(=O)[C@@H](Cc3ccccc3)NC(=O)[C@H](Cc3cnc[nH]3)N[C@@H]3CCCN3C(=O)C(SSC)NC(=O)[C@H](CCCN=C(N)N)NC(=O)[C@H](CCCCN)NC(=O)[C@H](CCCCN)NC(=O)[C@H](CCCCN)NC(=O)[C@H](C)NC(=O)[C@H](C)NC2=O)cc1OC. The number of fused-ring (bicyclic) bond motifs is 1. The summed E-state index contributed by atoms with van der Waals surface area (Å²) in [7, 11) is 5.13. The average Bonchev–Trinajstić information content (AvgIpc) is 1.60. The van der Waals surface area contributed by atoms with Crippen LogP contribution < -0.4 is 108 Å². The molecule has 3 aromatic rings. The number of hydrogen-bond acceptors (Lipinski definition) is 22. The Kier molecular flexibility index (Phi) is 39.6. The van der Waals surface area contributed by atoms with Crippen molar-refractivity contribution in [3.63, 3.8) is 0 Å². The molecule has 26 N–H and O–H groups in total. The van der Waals surface area contributed by atoms with E-state index in [9.17, 15) is 33.6 Å². The molecule has 2 saturated heterocycles. The Bertz CT molecular complexity index is 3450. The fourth-order valence-electron chi connectivity index (χ4n) is 12.1. The number of H-pyrrole nitrogens is 1. The van der Waals surface area contributed by atoms with E-state index in [1.807, 2.05) is 0 Å². The van der Waals surface area contributed by atoms with Gasteiger partial charge in [-0.15, -0.1) is 0 Å². The van der Waals surface area contributed by atoms with Gasteiger partial charge in [-0.2, -0.15) is 0 Å². The van der Waals surface area contributed by atoms with Crippen molar-refractivity contribution in [2.75, 3.05) is 59.7 Å². The molecule has 1 unspecified atom stereocenters. The smallest absolute Gasteiger partial charge is 0.257 e. The topological polar surface area (TPSA) is 577 Å². The molecule has 36 nitrogen and oxygen atoms in total. The van der Waals surface area contributed by atoms with Gasteiger partial charge in [0, 0.05) is 44.4 Å². The van der Waals surface area contributed by atoms with E-state index in [2.05, 4.69) is 78.4 Å². The van der Waals surface area contributed by atoms with Crippen LogP contribution in [0, 0.1) is 0 Å². The van der Waals surface area contributed by atoms with Crippen LogP contribution in [-0.2, 0) is 72.0 Å². The number of guanidine groups is 2. The number of nitrogens with zero attached hydrogens (tertiary/aromatic N) is 4. The van der Waals surface area contributed by atoms with Gasteiger partial charge >= 0.3 is 0 Å². The number of aromatic amines is 1. The summed E-state index contributed by atoms with van der Waals surface area (Å²) >= 11 is 0. The summed E-state index contributed by atoms with van der Waals surface area (Å²) in [6, 6.07) is 0.397. The van der Waals surface area contributed by atoms with Gasteiger partial charge in [0.2, 0.25) is 59.1 Å². The molecule has 2 fully saturated rings. The Morgan fingerprint density at radius 2 is 0.935 bits per heavy atom. The number of methoxy groups -OCH3 is 2. The number of unbranched alkanes of at least 4 members (excludes halogenated alkanes) is 3. The third-order valence-corrected chi connectivity index (χ3v) is 19.9. The van der Waals surface area contributed by atoms with Gasteiger partial charge < -0.3 is 113 Å². The summed E-state index contributed by atoms with van der Waals surface area (Å²) in [4.78, 5) is 179. The Balaban J connectivity index is 1.65. The first-order chi connectivity index (χ1) is 51.8. The zero-order chi connectivity index (χ0) is 79.1. The monoisotopic (exact) mass is 1550 g/mol. The highest BCUT2D eigenvalue weighted by Crippen LogP contribution is 2.29. The summed E-state index contributed by atoms with van der Waals surface area (Å²) in [5.41, 5.74) is 42.1. The molecular formula is C70H113N23O13S2. The zero-order valence-electron chi connectivity index (χ0n) is 62.3. The van der Waals surface area contributed by atoms with E-state index in [-0.39, 0.29) is 122 Å². The lowest BCUT2D eigenvalue weighted by atomic mass is 10.0. The zero-order valence-corrected chi connectivity index (χ0v) is 64.0. The molecule has 0 saturated carbocycles. The molecule has 0 aliphatic carbocycles. The third kappa shape index (κ3) is 30.6. The molecule has 11 amide bonds. The minimum absolute atomic E-state index is 0.0112. The van der Waals surface area contributed by atoms with Crippen molar-refractivity contribution in [1.82, 2.24) is 73.4 Å². The Hall–Kier alpha value is -9.50. The van der Waals surface area contributed by atoms with Crippen molar-refractivity contribution in [1.29, 1.82) is 0 Å². The van der Waals surface area contributed by atoms with Crippen molar-refractivity contribution in [2.45, 2.75) is 208 Å². The number of aryl methyl sites for hydroxylation is 1. The van der Waals surface area contributed by atoms with E-state index in [4.69, 9.17) is 49.6 Å². The molecule has 598 valence electrons. The standard InChI is InChI=1S/C70H113N23O13S2/c1-41-57(94)82-42(2)58(95)85-46(20-9-12-30-71)60(97)86-47(21-10-13-31-72)61(98)87-48(22-11-14-32-73)62(99)88-50(24-16-34-80-70(76)77)64(101)92-67(108-107-5)68(104)93-35-17-25-56(93)84-53(38-45-39-78-40-81-45)66(103)91-52(36-43-18-7-6-8-19-43)65(102)89-49(23-15-33-79-69(74)75)63(100)90-51(59(96)83-41)28-26-44-27-29-54(105-3)55(37-44)106-4/h6-8,18-19,27,29,37,39-42,46-53,56,67,84H,9-17,20-26,28,30-36,38,71-73H2,1-5H3,(H,78,81)(H,82,94)(H,83,96)(H,85,95)(H,86,97)(H,87,98)(H,88,99)(H,89,102)(H,90,100)(H,91,103)(H,92,101)(H4,74,75,79)(H4,76,77,80)/t41-,42-,46-,47-,48-,49-,50-,51-,52+,53-,56-,67?/m0/s1. The highest BCUT2D eigenvalue weighted by molar-refractivity contribution is 8.76. The first-order valence-electron chi connectivity index (χ1n) is 36.6. The minimum atomic E-state index is -1.43. The van der Waals surface area contributed by atoms with E-state index >= 15 is 19.2 Å². The van der Waals surface area contributed by atoms with E-state index in [1.165, 1.54) is 56.3 Å². The summed E-state index contributed by atoms with van der Waals surface area (Å²) < 4.78 is 11.0. The number of hydrogen-bond donors (Lipinski definition) is 19. The molecule has 5 rings (SSSR count). The molecule has 38 heteroatoms. The van der Waals surface area contributed by atoms with E-state index in [0.29, 0.717) is 79.7 Å². The van der Waals surface area contributed by atoms with E-state index in [0.717, 1.165) is 10.8 Å². The predicted molar refractivity (Wildman–Crippen MR) is 412 cm³/mol. The molecule has 108 heavy (non-hydrogen) atoms. The lowest BCUT2D eigenvalue weighted by molar-refractivity contribution is -0.137. The number of rotatable bonds is 31. The van der Waals surface area contributed by atoms with Gasteiger partial charge in [-0.05, 0) is 172 Å². The Labute approximate surface area is 638 Å². The van der Waals surface area contributed by atoms with Gasteiger partial charge in [0.15, 0.2) is 28.8 Å². The maximum atomic E-state index is 15.2. The van der Waals surface area contributed by atoms with Crippen LogP contribution in [0.4, 0.5) is 0 Å². The summed E-state index contributed by atoms with van der Waals surface area (Å²) in [6.45, 7) is 3.66. The molecule has 1 aromatic heterocycles. The lowest BCUT2D eigenvalue weighted by Crippen LogP contribution is -2.61. The second-order valence-corrected chi connectivity index (χ2v) is 29.0. The molecule has 0 bridgehead atoms. The number of ether oxygens (including phenoxy) is 2. The Morgan fingerprint density at radius 1 is 0.500 bits per heavy atom. The summed E-state index contributed by atoms with van der Waals surface area (Å²) in [5, 5.41) is 29.8. The second-order valence-electron chi connectivity index (χ2n) is 26.4. The van der Waals surface area contributed by atoms with Gasteiger partial charge in [0.1, 0.15) is 54.4 Å². The number of benzene rings is 2. The van der Waals surface area contributed by atoms with Crippen LogP contribution in [0.2, 0.25) is 0 Å². The van der Waals surface area contributed by atoms with Gasteiger partial charge in [-0.25, -0.2) is 4.98 Å².